The first-order valence-corrected chi connectivity index (χ1v) is 9.30. The van der Waals surface area contributed by atoms with Crippen molar-refractivity contribution in [2.75, 3.05) is 21.3 Å². The zero-order valence-electron chi connectivity index (χ0n) is 15.5. The number of aromatic hydroxyl groups is 1. The number of thiophene rings is 1. The van der Waals surface area contributed by atoms with Crippen LogP contribution >= 0.6 is 11.3 Å². The number of hydrogen-bond acceptors (Lipinski definition) is 7. The number of hydrogen-bond donors (Lipinski definition) is 1. The molecule has 4 rings (SSSR count). The molecular weight excluding hydrogens is 378 g/mol. The van der Waals surface area contributed by atoms with E-state index in [2.05, 4.69) is 0 Å². The average Bonchev–Trinajstić information content (AvgIpc) is 3.16. The van der Waals surface area contributed by atoms with Gasteiger partial charge < -0.3 is 19.3 Å². The number of fused-ring (bicyclic) bond motifs is 3. The van der Waals surface area contributed by atoms with Gasteiger partial charge in [0.15, 0.2) is 11.5 Å². The van der Waals surface area contributed by atoms with Gasteiger partial charge >= 0.3 is 5.97 Å². The summed E-state index contributed by atoms with van der Waals surface area (Å²) in [6, 6.07) is 10.5. The fourth-order valence-corrected chi connectivity index (χ4v) is 4.12. The Bertz CT molecular complexity index is 1200. The summed E-state index contributed by atoms with van der Waals surface area (Å²) in [6.07, 6.45) is 0. The molecule has 0 bridgehead atoms. The van der Waals surface area contributed by atoms with Crippen molar-refractivity contribution in [1.29, 1.82) is 0 Å². The van der Waals surface area contributed by atoms with Gasteiger partial charge in [0.25, 0.3) is 0 Å². The van der Waals surface area contributed by atoms with Crippen LogP contribution in [-0.4, -0.2) is 37.4 Å². The second-order valence-corrected chi connectivity index (χ2v) is 6.96. The first-order chi connectivity index (χ1) is 13.6. The molecule has 0 spiro atoms. The molecule has 6 nitrogen and oxygen atoms in total. The third kappa shape index (κ3) is 2.80. The third-order valence-corrected chi connectivity index (χ3v) is 5.52. The first-order valence-electron chi connectivity index (χ1n) is 8.42. The van der Waals surface area contributed by atoms with Crippen LogP contribution in [0.3, 0.4) is 0 Å². The van der Waals surface area contributed by atoms with Crippen molar-refractivity contribution in [3.8, 4) is 28.5 Å². The molecule has 2 aromatic heterocycles. The zero-order chi connectivity index (χ0) is 19.8. The molecule has 0 aliphatic rings. The maximum Gasteiger partial charge on any atom is 0.350 e. The first kappa shape index (κ1) is 18.1. The maximum atomic E-state index is 12.2. The van der Waals surface area contributed by atoms with Crippen molar-refractivity contribution in [2.45, 2.75) is 0 Å². The van der Waals surface area contributed by atoms with Gasteiger partial charge in [-0.1, -0.05) is 0 Å². The van der Waals surface area contributed by atoms with Gasteiger partial charge in [0.1, 0.15) is 10.6 Å². The number of esters is 1. The van der Waals surface area contributed by atoms with E-state index in [-0.39, 0.29) is 5.75 Å². The molecule has 0 aliphatic heterocycles. The summed E-state index contributed by atoms with van der Waals surface area (Å²) in [5.74, 6) is 0.910. The summed E-state index contributed by atoms with van der Waals surface area (Å²) < 4.78 is 15.8. The molecule has 2 aromatic carbocycles. The highest BCUT2D eigenvalue weighted by atomic mass is 32.1. The highest BCUT2D eigenvalue weighted by Gasteiger charge is 2.21. The fraction of sp³-hybridized carbons (Fsp3) is 0.143. The number of phenolic OH excluding ortho intramolecular Hbond substituents is 1. The standard InChI is InChI=1S/C21H17NO5S/c1-25-16-8-13-14(9-17(16)26-2)18(11-4-6-12(23)7-5-11)22-19-15(13)10-28-20(19)21(24)27-3/h4-10,23H,1-3H3. The van der Waals surface area contributed by atoms with Crippen molar-refractivity contribution >= 4 is 39.0 Å². The molecule has 0 saturated carbocycles. The predicted octanol–water partition coefficient (Wildman–Crippen LogP) is 4.63. The van der Waals surface area contributed by atoms with Crippen LogP contribution in [0.2, 0.25) is 0 Å². The van der Waals surface area contributed by atoms with Crippen LogP contribution in [0.25, 0.3) is 32.9 Å². The van der Waals surface area contributed by atoms with Gasteiger partial charge in [-0.15, -0.1) is 11.3 Å². The third-order valence-electron chi connectivity index (χ3n) is 4.57. The topological polar surface area (TPSA) is 77.9 Å². The van der Waals surface area contributed by atoms with E-state index < -0.39 is 5.97 Å². The molecule has 4 aromatic rings. The molecule has 142 valence electrons. The van der Waals surface area contributed by atoms with E-state index in [9.17, 15) is 9.90 Å². The van der Waals surface area contributed by atoms with E-state index in [1.54, 1.807) is 38.5 Å². The zero-order valence-corrected chi connectivity index (χ0v) is 16.3. The van der Waals surface area contributed by atoms with Crippen LogP contribution in [0.5, 0.6) is 17.2 Å². The lowest BCUT2D eigenvalue weighted by Gasteiger charge is -2.13. The van der Waals surface area contributed by atoms with Gasteiger partial charge in [-0.05, 0) is 41.8 Å². The van der Waals surface area contributed by atoms with E-state index >= 15 is 0 Å². The van der Waals surface area contributed by atoms with Crippen LogP contribution in [-0.2, 0) is 4.74 Å². The summed E-state index contributed by atoms with van der Waals surface area (Å²) in [5.41, 5.74) is 2.05. The molecule has 0 amide bonds. The van der Waals surface area contributed by atoms with Gasteiger partial charge in [-0.25, -0.2) is 9.78 Å². The molecule has 0 radical (unpaired) electrons. The Morgan fingerprint density at radius 2 is 1.61 bits per heavy atom. The lowest BCUT2D eigenvalue weighted by Crippen LogP contribution is -2.00. The summed E-state index contributed by atoms with van der Waals surface area (Å²) >= 11 is 1.29. The number of carbonyl (C=O) groups is 1. The monoisotopic (exact) mass is 395 g/mol. The maximum absolute atomic E-state index is 12.2. The molecule has 1 N–H and O–H groups in total. The minimum Gasteiger partial charge on any atom is -0.508 e. The smallest absolute Gasteiger partial charge is 0.350 e. The molecular formula is C21H17NO5S. The minimum absolute atomic E-state index is 0.166. The highest BCUT2D eigenvalue weighted by Crippen LogP contribution is 2.41. The highest BCUT2D eigenvalue weighted by molar-refractivity contribution is 7.13. The Hall–Kier alpha value is -3.32. The molecule has 0 unspecified atom stereocenters. The molecule has 0 saturated heterocycles. The number of aromatic nitrogens is 1. The van der Waals surface area contributed by atoms with E-state index in [4.69, 9.17) is 19.2 Å². The summed E-state index contributed by atoms with van der Waals surface area (Å²) in [5, 5.41) is 14.1. The van der Waals surface area contributed by atoms with E-state index in [1.807, 2.05) is 17.5 Å². The van der Waals surface area contributed by atoms with Crippen molar-refractivity contribution in [2.24, 2.45) is 0 Å². The Kier molecular flexibility index (Phi) is 4.52. The lowest BCUT2D eigenvalue weighted by atomic mass is 10.0. The summed E-state index contributed by atoms with van der Waals surface area (Å²) in [7, 11) is 4.51. The summed E-state index contributed by atoms with van der Waals surface area (Å²) in [4.78, 5) is 17.4. The number of benzene rings is 2. The normalized spacial score (nSPS) is 11.0. The van der Waals surface area contributed by atoms with Gasteiger partial charge in [0.05, 0.1) is 32.5 Å². The molecule has 28 heavy (non-hydrogen) atoms. The summed E-state index contributed by atoms with van der Waals surface area (Å²) in [6.45, 7) is 0. The molecule has 7 heteroatoms. The van der Waals surface area contributed by atoms with Crippen LogP contribution < -0.4 is 9.47 Å². The number of ether oxygens (including phenoxy) is 3. The largest absolute Gasteiger partial charge is 0.508 e. The Balaban J connectivity index is 2.14. The Labute approximate surface area is 164 Å². The Morgan fingerprint density at radius 3 is 2.21 bits per heavy atom. The number of carbonyl (C=O) groups excluding carboxylic acids is 1. The van der Waals surface area contributed by atoms with Crippen molar-refractivity contribution in [3.63, 3.8) is 0 Å². The predicted molar refractivity (Wildman–Crippen MR) is 109 cm³/mol. The van der Waals surface area contributed by atoms with E-state index in [0.717, 1.165) is 21.7 Å². The SMILES string of the molecule is COC(=O)c1scc2c1nc(-c1ccc(O)cc1)c1cc(OC)c(OC)cc12. The quantitative estimate of drug-likeness (QED) is 0.508. The van der Waals surface area contributed by atoms with Gasteiger partial charge in [-0.2, -0.15) is 0 Å². The van der Waals surface area contributed by atoms with Gasteiger partial charge in [0, 0.05) is 21.7 Å². The van der Waals surface area contributed by atoms with Crippen molar-refractivity contribution in [1.82, 2.24) is 4.98 Å². The minimum atomic E-state index is -0.427. The van der Waals surface area contributed by atoms with Gasteiger partial charge in [-0.3, -0.25) is 0 Å². The number of rotatable bonds is 4. The lowest BCUT2D eigenvalue weighted by molar-refractivity contribution is 0.0608. The molecule has 0 fully saturated rings. The molecule has 0 atom stereocenters. The average molecular weight is 395 g/mol. The second kappa shape index (κ2) is 7.01. The number of nitrogens with zero attached hydrogens (tertiary/aromatic N) is 1. The number of methoxy groups -OCH3 is 3. The second-order valence-electron chi connectivity index (χ2n) is 6.08. The van der Waals surface area contributed by atoms with Crippen LogP contribution in [0.15, 0.2) is 41.8 Å². The van der Waals surface area contributed by atoms with E-state index in [1.165, 1.54) is 18.4 Å². The van der Waals surface area contributed by atoms with Crippen LogP contribution in [0.1, 0.15) is 9.67 Å². The Morgan fingerprint density at radius 1 is 0.964 bits per heavy atom. The number of phenols is 1. The van der Waals surface area contributed by atoms with Gasteiger partial charge in [0.2, 0.25) is 0 Å². The molecule has 0 aliphatic carbocycles. The van der Waals surface area contributed by atoms with Crippen molar-refractivity contribution in [3.05, 3.63) is 46.7 Å². The number of pyridine rings is 1. The van der Waals surface area contributed by atoms with Crippen molar-refractivity contribution < 1.29 is 24.1 Å². The fourth-order valence-electron chi connectivity index (χ4n) is 3.20. The van der Waals surface area contributed by atoms with Crippen LogP contribution in [0.4, 0.5) is 0 Å². The van der Waals surface area contributed by atoms with E-state index in [0.29, 0.717) is 27.6 Å². The molecule has 2 heterocycles. The van der Waals surface area contributed by atoms with Crippen LogP contribution in [0, 0.1) is 0 Å².